The van der Waals surface area contributed by atoms with E-state index in [1.54, 1.807) is 46.2 Å². The molecule has 5 rings (SSSR count). The van der Waals surface area contributed by atoms with Gasteiger partial charge >= 0.3 is 0 Å². The van der Waals surface area contributed by atoms with Gasteiger partial charge in [-0.1, -0.05) is 29.5 Å². The highest BCUT2D eigenvalue weighted by Gasteiger charge is 2.33. The molecule has 0 radical (unpaired) electrons. The fourth-order valence-corrected chi connectivity index (χ4v) is 4.05. The number of aromatic nitrogens is 3. The Morgan fingerprint density at radius 1 is 0.939 bits per heavy atom. The molecule has 0 N–H and O–H groups in total. The standard InChI is InChI=1S/C23H23N5O5/c29-21(9-10-28-22(30)16-5-1-2-6-17(16)24-25-28)26-11-13-27(14-12-26)23(31)20-15-32-18-7-3-4-8-19(18)33-20/h1-8,20H,9-15H2. The van der Waals surface area contributed by atoms with Crippen LogP contribution in [0.15, 0.2) is 53.3 Å². The number of ether oxygens (including phenoxy) is 2. The molecular formula is C23H23N5O5. The number of rotatable bonds is 4. The molecular weight excluding hydrogens is 426 g/mol. The summed E-state index contributed by atoms with van der Waals surface area (Å²) in [6.45, 7) is 2.00. The number of para-hydroxylation sites is 2. The molecule has 2 aliphatic rings. The molecule has 2 aromatic carbocycles. The van der Waals surface area contributed by atoms with Crippen molar-refractivity contribution in [3.05, 3.63) is 58.9 Å². The molecule has 3 heterocycles. The average molecular weight is 449 g/mol. The predicted octanol–water partition coefficient (Wildman–Crippen LogP) is 0.692. The lowest BCUT2D eigenvalue weighted by atomic mass is 10.2. The minimum atomic E-state index is -0.694. The molecule has 1 fully saturated rings. The first-order valence-corrected chi connectivity index (χ1v) is 10.9. The topological polar surface area (TPSA) is 107 Å². The van der Waals surface area contributed by atoms with Crippen LogP contribution in [0.1, 0.15) is 6.42 Å². The number of benzene rings is 2. The van der Waals surface area contributed by atoms with E-state index in [4.69, 9.17) is 9.47 Å². The monoisotopic (exact) mass is 449 g/mol. The van der Waals surface area contributed by atoms with E-state index in [9.17, 15) is 14.4 Å². The summed E-state index contributed by atoms with van der Waals surface area (Å²) in [5.74, 6) is 0.958. The summed E-state index contributed by atoms with van der Waals surface area (Å²) in [5, 5.41) is 8.45. The zero-order valence-corrected chi connectivity index (χ0v) is 17.9. The second kappa shape index (κ2) is 8.89. The first kappa shape index (κ1) is 20.9. The average Bonchev–Trinajstić information content (AvgIpc) is 2.87. The van der Waals surface area contributed by atoms with Gasteiger partial charge < -0.3 is 19.3 Å². The van der Waals surface area contributed by atoms with E-state index in [-0.39, 0.29) is 36.9 Å². The molecule has 10 nitrogen and oxygen atoms in total. The second-order valence-electron chi connectivity index (χ2n) is 7.96. The van der Waals surface area contributed by atoms with E-state index in [2.05, 4.69) is 10.3 Å². The van der Waals surface area contributed by atoms with Crippen molar-refractivity contribution in [1.82, 2.24) is 24.8 Å². The Bertz CT molecular complexity index is 1250. The molecule has 33 heavy (non-hydrogen) atoms. The van der Waals surface area contributed by atoms with E-state index in [1.165, 1.54) is 4.68 Å². The third kappa shape index (κ3) is 4.23. The largest absolute Gasteiger partial charge is 0.485 e. The molecule has 2 amide bonds. The highest BCUT2D eigenvalue weighted by Crippen LogP contribution is 2.31. The molecule has 1 saturated heterocycles. The lowest BCUT2D eigenvalue weighted by Gasteiger charge is -2.37. The summed E-state index contributed by atoms with van der Waals surface area (Å²) in [5.41, 5.74) is 0.266. The van der Waals surface area contributed by atoms with Crippen molar-refractivity contribution in [3.8, 4) is 11.5 Å². The van der Waals surface area contributed by atoms with Gasteiger partial charge in [0.1, 0.15) is 12.1 Å². The number of fused-ring (bicyclic) bond motifs is 2. The maximum Gasteiger partial charge on any atom is 0.277 e. The van der Waals surface area contributed by atoms with E-state index >= 15 is 0 Å². The van der Waals surface area contributed by atoms with Gasteiger partial charge in [0.15, 0.2) is 11.5 Å². The van der Waals surface area contributed by atoms with Crippen molar-refractivity contribution in [2.24, 2.45) is 0 Å². The van der Waals surface area contributed by atoms with E-state index in [0.717, 1.165) is 0 Å². The highest BCUT2D eigenvalue weighted by molar-refractivity contribution is 5.82. The van der Waals surface area contributed by atoms with Crippen LogP contribution >= 0.6 is 0 Å². The SMILES string of the molecule is O=C(CCn1nnc2ccccc2c1=O)N1CCN(C(=O)C2COc3ccccc3O2)CC1. The van der Waals surface area contributed by atoms with Crippen molar-refractivity contribution in [2.45, 2.75) is 19.1 Å². The summed E-state index contributed by atoms with van der Waals surface area (Å²) < 4.78 is 12.7. The lowest BCUT2D eigenvalue weighted by molar-refractivity contribution is -0.146. The Kier molecular flexibility index (Phi) is 5.64. The molecule has 0 saturated carbocycles. The quantitative estimate of drug-likeness (QED) is 0.577. The van der Waals surface area contributed by atoms with Crippen LogP contribution < -0.4 is 15.0 Å². The number of carbonyl (C=O) groups is 2. The third-order valence-electron chi connectivity index (χ3n) is 5.89. The van der Waals surface area contributed by atoms with Gasteiger partial charge in [-0.05, 0) is 24.3 Å². The Hall–Kier alpha value is -3.95. The molecule has 0 bridgehead atoms. The smallest absolute Gasteiger partial charge is 0.277 e. The minimum absolute atomic E-state index is 0.0878. The summed E-state index contributed by atoms with van der Waals surface area (Å²) in [7, 11) is 0. The number of hydrogen-bond donors (Lipinski definition) is 0. The van der Waals surface area contributed by atoms with Crippen molar-refractivity contribution < 1.29 is 19.1 Å². The first-order valence-electron chi connectivity index (χ1n) is 10.9. The van der Waals surface area contributed by atoms with Crippen LogP contribution in [0.3, 0.4) is 0 Å². The minimum Gasteiger partial charge on any atom is -0.485 e. The number of piperazine rings is 1. The predicted molar refractivity (Wildman–Crippen MR) is 118 cm³/mol. The molecule has 0 spiro atoms. The summed E-state index contributed by atoms with van der Waals surface area (Å²) in [6, 6.07) is 14.2. The summed E-state index contributed by atoms with van der Waals surface area (Å²) in [4.78, 5) is 41.5. The van der Waals surface area contributed by atoms with E-state index in [0.29, 0.717) is 48.6 Å². The Labute approximate surface area is 189 Å². The zero-order chi connectivity index (χ0) is 22.8. The molecule has 0 aliphatic carbocycles. The van der Waals surface area contributed by atoms with Gasteiger partial charge in [-0.15, -0.1) is 5.10 Å². The van der Waals surface area contributed by atoms with Crippen LogP contribution in [-0.4, -0.2) is 75.5 Å². The van der Waals surface area contributed by atoms with Crippen LogP contribution in [0.2, 0.25) is 0 Å². The van der Waals surface area contributed by atoms with E-state index in [1.807, 2.05) is 12.1 Å². The van der Waals surface area contributed by atoms with Crippen molar-refractivity contribution in [2.75, 3.05) is 32.8 Å². The fraction of sp³-hybridized carbons (Fsp3) is 0.348. The molecule has 1 atom stereocenters. The number of aryl methyl sites for hydroxylation is 1. The maximum atomic E-state index is 12.9. The molecule has 170 valence electrons. The Morgan fingerprint density at radius 2 is 1.64 bits per heavy atom. The summed E-state index contributed by atoms with van der Waals surface area (Å²) >= 11 is 0. The van der Waals surface area contributed by atoms with Gasteiger partial charge in [-0.25, -0.2) is 4.68 Å². The second-order valence-corrected chi connectivity index (χ2v) is 7.96. The summed E-state index contributed by atoms with van der Waals surface area (Å²) in [6.07, 6.45) is -0.558. The molecule has 2 aliphatic heterocycles. The van der Waals surface area contributed by atoms with Crippen LogP contribution in [0.4, 0.5) is 0 Å². The van der Waals surface area contributed by atoms with Gasteiger partial charge in [0, 0.05) is 32.6 Å². The van der Waals surface area contributed by atoms with Crippen LogP contribution in [0, 0.1) is 0 Å². The zero-order valence-electron chi connectivity index (χ0n) is 17.9. The molecule has 10 heteroatoms. The fourth-order valence-electron chi connectivity index (χ4n) is 4.05. The van der Waals surface area contributed by atoms with Gasteiger partial charge in [0.2, 0.25) is 12.0 Å². The number of nitrogens with zero attached hydrogens (tertiary/aromatic N) is 5. The normalized spacial score (nSPS) is 17.8. The van der Waals surface area contributed by atoms with Gasteiger partial charge in [-0.3, -0.25) is 14.4 Å². The van der Waals surface area contributed by atoms with Crippen molar-refractivity contribution in [3.63, 3.8) is 0 Å². The van der Waals surface area contributed by atoms with Crippen LogP contribution in [0.5, 0.6) is 11.5 Å². The number of amides is 2. The van der Waals surface area contributed by atoms with Gasteiger partial charge in [0.25, 0.3) is 11.5 Å². The Balaban J connectivity index is 1.14. The van der Waals surface area contributed by atoms with Crippen LogP contribution in [-0.2, 0) is 16.1 Å². The van der Waals surface area contributed by atoms with Crippen molar-refractivity contribution in [1.29, 1.82) is 0 Å². The Morgan fingerprint density at radius 3 is 2.45 bits per heavy atom. The van der Waals surface area contributed by atoms with Crippen molar-refractivity contribution >= 4 is 22.7 Å². The van der Waals surface area contributed by atoms with Crippen LogP contribution in [0.25, 0.3) is 10.9 Å². The molecule has 3 aromatic rings. The maximum absolute atomic E-state index is 12.9. The number of carbonyl (C=O) groups excluding carboxylic acids is 2. The van der Waals surface area contributed by atoms with Gasteiger partial charge in [0.05, 0.1) is 11.9 Å². The lowest BCUT2D eigenvalue weighted by Crippen LogP contribution is -2.55. The molecule has 1 aromatic heterocycles. The first-order chi connectivity index (χ1) is 16.1. The highest BCUT2D eigenvalue weighted by atomic mass is 16.6. The van der Waals surface area contributed by atoms with Gasteiger partial charge in [-0.2, -0.15) is 0 Å². The van der Waals surface area contributed by atoms with E-state index < -0.39 is 6.10 Å². The molecule has 1 unspecified atom stereocenters. The number of hydrogen-bond acceptors (Lipinski definition) is 7. The third-order valence-corrected chi connectivity index (χ3v) is 5.89.